The van der Waals surface area contributed by atoms with Crippen molar-refractivity contribution in [3.05, 3.63) is 82.1 Å². The van der Waals surface area contributed by atoms with Gasteiger partial charge in [-0.2, -0.15) is 0 Å². The second-order valence-electron chi connectivity index (χ2n) is 5.99. The van der Waals surface area contributed by atoms with E-state index in [-0.39, 0.29) is 5.91 Å². The van der Waals surface area contributed by atoms with Gasteiger partial charge >= 0.3 is 0 Å². The van der Waals surface area contributed by atoms with Crippen LogP contribution in [0.2, 0.25) is 5.02 Å². The molecule has 0 radical (unpaired) electrons. The number of nitrogens with zero attached hydrogens (tertiary/aromatic N) is 2. The molecule has 5 nitrogen and oxygen atoms in total. The second-order valence-corrected chi connectivity index (χ2v) is 6.43. The van der Waals surface area contributed by atoms with E-state index in [0.29, 0.717) is 28.8 Å². The number of hydrogen-bond donors (Lipinski definition) is 2. The van der Waals surface area contributed by atoms with E-state index < -0.39 is 0 Å². The summed E-state index contributed by atoms with van der Waals surface area (Å²) in [4.78, 5) is 20.8. The predicted molar refractivity (Wildman–Crippen MR) is 105 cm³/mol. The highest BCUT2D eigenvalue weighted by Crippen LogP contribution is 2.20. The maximum Gasteiger partial charge on any atom is 0.258 e. The Bertz CT molecular complexity index is 925. The van der Waals surface area contributed by atoms with Crippen LogP contribution in [0.5, 0.6) is 0 Å². The highest BCUT2D eigenvalue weighted by atomic mass is 35.5. The molecule has 0 aliphatic rings. The predicted octanol–water partition coefficient (Wildman–Crippen LogP) is 4.61. The molecule has 3 aromatic rings. The van der Waals surface area contributed by atoms with E-state index in [4.69, 9.17) is 11.6 Å². The molecule has 2 aromatic carbocycles. The van der Waals surface area contributed by atoms with Crippen molar-refractivity contribution in [2.24, 2.45) is 0 Å². The van der Waals surface area contributed by atoms with Crippen LogP contribution >= 0.6 is 11.6 Å². The van der Waals surface area contributed by atoms with Crippen molar-refractivity contribution >= 4 is 29.1 Å². The number of amides is 1. The van der Waals surface area contributed by atoms with Gasteiger partial charge in [0.15, 0.2) is 0 Å². The number of benzene rings is 2. The third-order valence-electron chi connectivity index (χ3n) is 4.06. The van der Waals surface area contributed by atoms with Crippen molar-refractivity contribution in [3.63, 3.8) is 0 Å². The molecule has 2 N–H and O–H groups in total. The first-order chi connectivity index (χ1) is 12.5. The van der Waals surface area contributed by atoms with Crippen LogP contribution in [-0.2, 0) is 6.54 Å². The molecule has 1 amide bonds. The number of aryl methyl sites for hydroxylation is 2. The molecule has 0 bridgehead atoms. The molecule has 3 rings (SSSR count). The largest absolute Gasteiger partial charge is 0.350 e. The van der Waals surface area contributed by atoms with Gasteiger partial charge in [-0.05, 0) is 42.7 Å². The Hall–Kier alpha value is -2.92. The lowest BCUT2D eigenvalue weighted by molar-refractivity contribution is 0.102. The second kappa shape index (κ2) is 7.97. The molecular weight excluding hydrogens is 348 g/mol. The minimum atomic E-state index is -0.277. The molecule has 1 heterocycles. The number of anilines is 2. The first-order valence-corrected chi connectivity index (χ1v) is 8.58. The van der Waals surface area contributed by atoms with Gasteiger partial charge in [0.05, 0.1) is 5.56 Å². The number of carbonyl (C=O) groups excluding carboxylic acids is 1. The van der Waals surface area contributed by atoms with E-state index in [9.17, 15) is 4.79 Å². The van der Waals surface area contributed by atoms with Gasteiger partial charge in [0, 0.05) is 29.6 Å². The lowest BCUT2D eigenvalue weighted by atomic mass is 10.1. The van der Waals surface area contributed by atoms with Crippen LogP contribution in [-0.4, -0.2) is 15.9 Å². The first kappa shape index (κ1) is 17.9. The zero-order valence-electron chi connectivity index (χ0n) is 14.6. The van der Waals surface area contributed by atoms with Gasteiger partial charge in [0.2, 0.25) is 5.95 Å². The standard InChI is InChI=1S/C20H19ClN4O/c1-13-5-3-4-6-15(13)10-22-20-23-11-16(12-24-20)19(26)25-18-9-17(21)8-7-14(18)2/h3-9,11-12H,10H2,1-2H3,(H,25,26)(H,22,23,24). The molecule has 1 aromatic heterocycles. The van der Waals surface area contributed by atoms with Gasteiger partial charge in [0.25, 0.3) is 5.91 Å². The number of hydrogen-bond acceptors (Lipinski definition) is 4. The van der Waals surface area contributed by atoms with Crippen molar-refractivity contribution in [2.45, 2.75) is 20.4 Å². The van der Waals surface area contributed by atoms with Gasteiger partial charge in [-0.3, -0.25) is 4.79 Å². The minimum absolute atomic E-state index is 0.277. The maximum atomic E-state index is 12.4. The Labute approximate surface area is 157 Å². The van der Waals surface area contributed by atoms with Crippen LogP contribution in [0, 0.1) is 13.8 Å². The van der Waals surface area contributed by atoms with Gasteiger partial charge in [-0.1, -0.05) is 41.9 Å². The fourth-order valence-corrected chi connectivity index (χ4v) is 2.61. The van der Waals surface area contributed by atoms with Crippen molar-refractivity contribution in [1.82, 2.24) is 9.97 Å². The summed E-state index contributed by atoms with van der Waals surface area (Å²) >= 11 is 5.98. The molecule has 0 spiro atoms. The third kappa shape index (κ3) is 4.37. The SMILES string of the molecule is Cc1ccccc1CNc1ncc(C(=O)Nc2cc(Cl)ccc2C)cn1. The number of rotatable bonds is 5. The van der Waals surface area contributed by atoms with E-state index >= 15 is 0 Å². The lowest BCUT2D eigenvalue weighted by Crippen LogP contribution is -2.14. The Balaban J connectivity index is 1.64. The van der Waals surface area contributed by atoms with Gasteiger partial charge < -0.3 is 10.6 Å². The topological polar surface area (TPSA) is 66.9 Å². The fraction of sp³-hybridized carbons (Fsp3) is 0.150. The van der Waals surface area contributed by atoms with Crippen LogP contribution < -0.4 is 10.6 Å². The Morgan fingerprint density at radius 1 is 1.04 bits per heavy atom. The highest BCUT2D eigenvalue weighted by Gasteiger charge is 2.10. The molecule has 0 saturated carbocycles. The number of nitrogens with one attached hydrogen (secondary N) is 2. The smallest absolute Gasteiger partial charge is 0.258 e. The van der Waals surface area contributed by atoms with Crippen LogP contribution in [0.15, 0.2) is 54.9 Å². The average molecular weight is 367 g/mol. The quantitative estimate of drug-likeness (QED) is 0.691. The number of aromatic nitrogens is 2. The molecule has 26 heavy (non-hydrogen) atoms. The minimum Gasteiger partial charge on any atom is -0.350 e. The van der Waals surface area contributed by atoms with E-state index in [1.807, 2.05) is 25.1 Å². The van der Waals surface area contributed by atoms with Crippen molar-refractivity contribution < 1.29 is 4.79 Å². The summed E-state index contributed by atoms with van der Waals surface area (Å²) in [6.07, 6.45) is 3.00. The Morgan fingerprint density at radius 3 is 2.50 bits per heavy atom. The Morgan fingerprint density at radius 2 is 1.77 bits per heavy atom. The van der Waals surface area contributed by atoms with E-state index in [1.54, 1.807) is 12.1 Å². The third-order valence-corrected chi connectivity index (χ3v) is 4.30. The molecule has 0 unspecified atom stereocenters. The van der Waals surface area contributed by atoms with Crippen LogP contribution in [0.25, 0.3) is 0 Å². The molecule has 132 valence electrons. The lowest BCUT2D eigenvalue weighted by Gasteiger charge is -2.10. The van der Waals surface area contributed by atoms with Gasteiger partial charge in [0.1, 0.15) is 0 Å². The molecule has 0 saturated heterocycles. The van der Waals surface area contributed by atoms with Crippen LogP contribution in [0.3, 0.4) is 0 Å². The summed E-state index contributed by atoms with van der Waals surface area (Å²) in [7, 11) is 0. The van der Waals surface area contributed by atoms with Crippen LogP contribution in [0.1, 0.15) is 27.0 Å². The normalized spacial score (nSPS) is 10.4. The monoisotopic (exact) mass is 366 g/mol. The number of halogens is 1. The number of carbonyl (C=O) groups is 1. The zero-order valence-corrected chi connectivity index (χ0v) is 15.3. The van der Waals surface area contributed by atoms with Gasteiger partial charge in [-0.25, -0.2) is 9.97 Å². The fourth-order valence-electron chi connectivity index (χ4n) is 2.44. The molecule has 0 atom stereocenters. The zero-order chi connectivity index (χ0) is 18.5. The summed E-state index contributed by atoms with van der Waals surface area (Å²) in [5.74, 6) is 0.199. The van der Waals surface area contributed by atoms with Crippen LogP contribution in [0.4, 0.5) is 11.6 Å². The average Bonchev–Trinajstić information content (AvgIpc) is 2.64. The van der Waals surface area contributed by atoms with Crippen molar-refractivity contribution in [1.29, 1.82) is 0 Å². The molecule has 6 heteroatoms. The van der Waals surface area contributed by atoms with E-state index in [0.717, 1.165) is 5.56 Å². The summed E-state index contributed by atoms with van der Waals surface area (Å²) in [6.45, 7) is 4.59. The highest BCUT2D eigenvalue weighted by molar-refractivity contribution is 6.31. The van der Waals surface area contributed by atoms with Crippen molar-refractivity contribution in [2.75, 3.05) is 10.6 Å². The van der Waals surface area contributed by atoms with Crippen molar-refractivity contribution in [3.8, 4) is 0 Å². The first-order valence-electron chi connectivity index (χ1n) is 8.21. The maximum absolute atomic E-state index is 12.4. The summed E-state index contributed by atoms with van der Waals surface area (Å²) in [6, 6.07) is 13.5. The van der Waals surface area contributed by atoms with E-state index in [1.165, 1.54) is 23.5 Å². The molecule has 0 aliphatic heterocycles. The van der Waals surface area contributed by atoms with E-state index in [2.05, 4.69) is 39.7 Å². The van der Waals surface area contributed by atoms with Gasteiger partial charge in [-0.15, -0.1) is 0 Å². The summed E-state index contributed by atoms with van der Waals surface area (Å²) in [5.41, 5.74) is 4.36. The summed E-state index contributed by atoms with van der Waals surface area (Å²) in [5, 5.41) is 6.56. The molecule has 0 fully saturated rings. The molecular formula is C20H19ClN4O. The molecule has 0 aliphatic carbocycles. The summed E-state index contributed by atoms with van der Waals surface area (Å²) < 4.78 is 0. The Kier molecular flexibility index (Phi) is 5.49.